The summed E-state index contributed by atoms with van der Waals surface area (Å²) in [5, 5.41) is 11.6. The summed E-state index contributed by atoms with van der Waals surface area (Å²) in [6.45, 7) is 0.244. The van der Waals surface area contributed by atoms with Crippen LogP contribution < -0.4 is 9.47 Å². The first-order valence-electron chi connectivity index (χ1n) is 9.86. The van der Waals surface area contributed by atoms with Crippen LogP contribution in [0.4, 0.5) is 0 Å². The summed E-state index contributed by atoms with van der Waals surface area (Å²) < 4.78 is 10.9. The van der Waals surface area contributed by atoms with Crippen LogP contribution >= 0.6 is 11.6 Å². The number of ether oxygens (including phenoxy) is 2. The quantitative estimate of drug-likeness (QED) is 0.367. The topological polar surface area (TPSA) is 89.0 Å². The predicted molar refractivity (Wildman–Crippen MR) is 116 cm³/mol. The van der Waals surface area contributed by atoms with Crippen LogP contribution in [-0.4, -0.2) is 33.5 Å². The number of rotatable bonds is 4. The number of nitrogens with zero attached hydrogens (tertiary/aromatic N) is 2. The molecule has 2 aromatic carbocycles. The minimum Gasteiger partial charge on any atom is -0.507 e. The number of benzene rings is 2. The number of ketones is 1. The number of halogens is 1. The minimum absolute atomic E-state index is 0.0000723. The summed E-state index contributed by atoms with van der Waals surface area (Å²) >= 11 is 5.96. The van der Waals surface area contributed by atoms with E-state index in [9.17, 15) is 14.7 Å². The van der Waals surface area contributed by atoms with Crippen molar-refractivity contribution in [3.05, 3.63) is 94.3 Å². The fraction of sp³-hybridized carbons (Fsp3) is 0.125. The van der Waals surface area contributed by atoms with Crippen LogP contribution in [0.15, 0.2) is 72.6 Å². The molecule has 32 heavy (non-hydrogen) atoms. The first-order chi connectivity index (χ1) is 15.5. The molecule has 1 atom stereocenters. The Morgan fingerprint density at radius 3 is 2.62 bits per heavy atom. The summed E-state index contributed by atoms with van der Waals surface area (Å²) in [6.07, 6.45) is 3.27. The molecule has 2 aliphatic heterocycles. The second kappa shape index (κ2) is 8.01. The van der Waals surface area contributed by atoms with Gasteiger partial charge in [-0.1, -0.05) is 23.7 Å². The molecule has 1 amide bonds. The maximum Gasteiger partial charge on any atom is 0.295 e. The lowest BCUT2D eigenvalue weighted by Gasteiger charge is -2.25. The molecule has 1 aromatic heterocycles. The molecule has 0 spiro atoms. The molecular formula is C24H17ClN2O5. The molecular weight excluding hydrogens is 432 g/mol. The Hall–Kier alpha value is -3.84. The standard InChI is InChI=1S/C24H17ClN2O5/c25-17-6-3-15(4-7-17)22(28)20-21(16-5-8-18-19(10-16)32-13-31-18)27(24(30)23(20)29)12-14-2-1-9-26-11-14/h1-11,21,28H,12-13H2/t21-/m0/s1. The average Bonchev–Trinajstić information content (AvgIpc) is 3.37. The van der Waals surface area contributed by atoms with Crippen molar-refractivity contribution < 1.29 is 24.2 Å². The van der Waals surface area contributed by atoms with E-state index < -0.39 is 17.7 Å². The molecule has 160 valence electrons. The van der Waals surface area contributed by atoms with E-state index in [-0.39, 0.29) is 24.7 Å². The molecule has 5 rings (SSSR count). The van der Waals surface area contributed by atoms with Gasteiger partial charge in [0.15, 0.2) is 11.5 Å². The molecule has 0 unspecified atom stereocenters. The SMILES string of the molecule is O=C1C(=O)N(Cc2cccnc2)[C@@H](c2ccc3c(c2)OCO3)C1=C(O)c1ccc(Cl)cc1. The van der Waals surface area contributed by atoms with Gasteiger partial charge >= 0.3 is 0 Å². The zero-order valence-corrected chi connectivity index (χ0v) is 17.5. The van der Waals surface area contributed by atoms with Crippen LogP contribution in [0.5, 0.6) is 11.5 Å². The lowest BCUT2D eigenvalue weighted by molar-refractivity contribution is -0.140. The van der Waals surface area contributed by atoms with E-state index in [1.807, 2.05) is 6.07 Å². The van der Waals surface area contributed by atoms with Crippen LogP contribution in [-0.2, 0) is 16.1 Å². The van der Waals surface area contributed by atoms with Crippen molar-refractivity contribution in [3.63, 3.8) is 0 Å². The molecule has 0 bridgehead atoms. The van der Waals surface area contributed by atoms with Gasteiger partial charge in [0.2, 0.25) is 6.79 Å². The third kappa shape index (κ3) is 3.46. The van der Waals surface area contributed by atoms with E-state index in [1.54, 1.807) is 60.9 Å². The van der Waals surface area contributed by atoms with E-state index in [0.717, 1.165) is 5.56 Å². The summed E-state index contributed by atoms with van der Waals surface area (Å²) in [5.41, 5.74) is 1.76. The third-order valence-electron chi connectivity index (χ3n) is 5.45. The van der Waals surface area contributed by atoms with Crippen molar-refractivity contribution in [2.45, 2.75) is 12.6 Å². The molecule has 1 fully saturated rings. The highest BCUT2D eigenvalue weighted by atomic mass is 35.5. The Labute approximate surface area is 188 Å². The summed E-state index contributed by atoms with van der Waals surface area (Å²) in [5.74, 6) is -0.635. The van der Waals surface area contributed by atoms with E-state index >= 15 is 0 Å². The van der Waals surface area contributed by atoms with Gasteiger partial charge in [0.25, 0.3) is 11.7 Å². The van der Waals surface area contributed by atoms with E-state index in [2.05, 4.69) is 4.98 Å². The van der Waals surface area contributed by atoms with Gasteiger partial charge in [-0.3, -0.25) is 14.6 Å². The number of carbonyl (C=O) groups excluding carboxylic acids is 2. The second-order valence-electron chi connectivity index (χ2n) is 7.41. The second-order valence-corrected chi connectivity index (χ2v) is 7.84. The largest absolute Gasteiger partial charge is 0.507 e. The van der Waals surface area contributed by atoms with Gasteiger partial charge in [0, 0.05) is 29.5 Å². The molecule has 1 saturated heterocycles. The lowest BCUT2D eigenvalue weighted by Crippen LogP contribution is -2.29. The average molecular weight is 449 g/mol. The van der Waals surface area contributed by atoms with E-state index in [0.29, 0.717) is 27.6 Å². The van der Waals surface area contributed by atoms with Crippen molar-refractivity contribution in [3.8, 4) is 11.5 Å². The van der Waals surface area contributed by atoms with Crippen LogP contribution in [0.3, 0.4) is 0 Å². The summed E-state index contributed by atoms with van der Waals surface area (Å²) in [6, 6.07) is 14.4. The number of hydrogen-bond acceptors (Lipinski definition) is 6. The Morgan fingerprint density at radius 2 is 1.88 bits per heavy atom. The Bertz CT molecular complexity index is 1240. The number of amides is 1. The number of aromatic nitrogens is 1. The smallest absolute Gasteiger partial charge is 0.295 e. The highest BCUT2D eigenvalue weighted by molar-refractivity contribution is 6.46. The lowest BCUT2D eigenvalue weighted by atomic mass is 9.95. The first kappa shape index (κ1) is 20.1. The minimum atomic E-state index is -0.819. The normalized spacial score (nSPS) is 18.9. The molecule has 7 nitrogen and oxygen atoms in total. The van der Waals surface area contributed by atoms with Gasteiger partial charge in [0.1, 0.15) is 5.76 Å². The van der Waals surface area contributed by atoms with E-state index in [4.69, 9.17) is 21.1 Å². The highest BCUT2D eigenvalue weighted by Crippen LogP contribution is 2.43. The number of hydrogen-bond donors (Lipinski definition) is 1. The van der Waals surface area contributed by atoms with E-state index in [1.165, 1.54) is 4.90 Å². The number of aliphatic hydroxyl groups excluding tert-OH is 1. The van der Waals surface area contributed by atoms with Gasteiger partial charge in [-0.15, -0.1) is 0 Å². The number of fused-ring (bicyclic) bond motifs is 1. The van der Waals surface area contributed by atoms with Crippen LogP contribution in [0.1, 0.15) is 22.7 Å². The van der Waals surface area contributed by atoms with Crippen LogP contribution in [0.2, 0.25) is 5.02 Å². The number of likely N-dealkylation sites (tertiary alicyclic amines) is 1. The molecule has 3 heterocycles. The number of aliphatic hydroxyl groups is 1. The van der Waals surface area contributed by atoms with Crippen LogP contribution in [0.25, 0.3) is 5.76 Å². The fourth-order valence-corrected chi connectivity index (χ4v) is 4.05. The van der Waals surface area contributed by atoms with Crippen molar-refractivity contribution in [2.24, 2.45) is 0 Å². The zero-order valence-electron chi connectivity index (χ0n) is 16.7. The van der Waals surface area contributed by atoms with Gasteiger partial charge in [-0.05, 0) is 53.6 Å². The van der Waals surface area contributed by atoms with Crippen molar-refractivity contribution in [1.82, 2.24) is 9.88 Å². The van der Waals surface area contributed by atoms with Crippen molar-refractivity contribution >= 4 is 29.1 Å². The van der Waals surface area contributed by atoms with Crippen molar-refractivity contribution in [1.29, 1.82) is 0 Å². The number of Topliss-reactive ketones (excluding diaryl/α,β-unsaturated/α-hetero) is 1. The van der Waals surface area contributed by atoms with Gasteiger partial charge in [0.05, 0.1) is 11.6 Å². The molecule has 0 aliphatic carbocycles. The van der Waals surface area contributed by atoms with Crippen LogP contribution in [0, 0.1) is 0 Å². The number of carbonyl (C=O) groups is 2. The van der Waals surface area contributed by atoms with Crippen molar-refractivity contribution in [2.75, 3.05) is 6.79 Å². The predicted octanol–water partition coefficient (Wildman–Crippen LogP) is 4.09. The zero-order chi connectivity index (χ0) is 22.2. The highest BCUT2D eigenvalue weighted by Gasteiger charge is 2.46. The summed E-state index contributed by atoms with van der Waals surface area (Å²) in [4.78, 5) is 31.7. The Balaban J connectivity index is 1.65. The maximum absolute atomic E-state index is 13.1. The monoisotopic (exact) mass is 448 g/mol. The number of pyridine rings is 1. The first-order valence-corrected chi connectivity index (χ1v) is 10.2. The molecule has 8 heteroatoms. The maximum atomic E-state index is 13.1. The molecule has 0 saturated carbocycles. The molecule has 2 aliphatic rings. The van der Waals surface area contributed by atoms with Gasteiger partial charge < -0.3 is 19.5 Å². The third-order valence-corrected chi connectivity index (χ3v) is 5.70. The molecule has 1 N–H and O–H groups in total. The summed E-state index contributed by atoms with van der Waals surface area (Å²) in [7, 11) is 0. The van der Waals surface area contributed by atoms with Gasteiger partial charge in [-0.2, -0.15) is 0 Å². The fourth-order valence-electron chi connectivity index (χ4n) is 3.92. The Kier molecular flexibility index (Phi) is 5.03. The Morgan fingerprint density at radius 1 is 1.09 bits per heavy atom. The molecule has 0 radical (unpaired) electrons. The van der Waals surface area contributed by atoms with Gasteiger partial charge in [-0.25, -0.2) is 0 Å². The molecule has 3 aromatic rings.